The van der Waals surface area contributed by atoms with Crippen LogP contribution in [0.3, 0.4) is 0 Å². The summed E-state index contributed by atoms with van der Waals surface area (Å²) >= 11 is 1.25. The Bertz CT molecular complexity index is 910. The molecule has 8 heteroatoms. The highest BCUT2D eigenvalue weighted by Crippen LogP contribution is 2.32. The van der Waals surface area contributed by atoms with Gasteiger partial charge in [-0.3, -0.25) is 9.59 Å². The molecule has 2 amide bonds. The van der Waals surface area contributed by atoms with E-state index in [-0.39, 0.29) is 30.2 Å². The van der Waals surface area contributed by atoms with E-state index in [4.69, 9.17) is 0 Å². The van der Waals surface area contributed by atoms with Gasteiger partial charge in [-0.15, -0.1) is 11.8 Å². The fourth-order valence-electron chi connectivity index (χ4n) is 3.11. The van der Waals surface area contributed by atoms with Crippen molar-refractivity contribution in [2.24, 2.45) is 0 Å². The Hall–Kier alpha value is -2.48. The van der Waals surface area contributed by atoms with Crippen LogP contribution in [0, 0.1) is 6.92 Å². The lowest BCUT2D eigenvalue weighted by Crippen LogP contribution is -2.38. The Morgan fingerprint density at radius 2 is 1.71 bits per heavy atom. The molecule has 3 rings (SSSR count). The zero-order valence-corrected chi connectivity index (χ0v) is 18.2. The first kappa shape index (κ1) is 23.2. The molecule has 166 valence electrons. The smallest absolute Gasteiger partial charge is 0.334 e. The van der Waals surface area contributed by atoms with Crippen LogP contribution in [0.2, 0.25) is 0 Å². The van der Waals surface area contributed by atoms with E-state index >= 15 is 0 Å². The first-order valence-electron chi connectivity index (χ1n) is 10.1. The first-order valence-corrected chi connectivity index (χ1v) is 11.1. The second-order valence-corrected chi connectivity index (χ2v) is 9.09. The summed E-state index contributed by atoms with van der Waals surface area (Å²) in [5.74, 6) is -0.149. The fraction of sp³-hybridized carbons (Fsp3) is 0.391. The maximum atomic E-state index is 13.0. The zero-order valence-electron chi connectivity index (χ0n) is 17.4. The molecule has 1 aliphatic rings. The number of amides is 2. The highest BCUT2D eigenvalue weighted by Gasteiger charge is 2.35. The number of carbonyl (C=O) groups is 2. The molecule has 0 radical (unpaired) electrons. The lowest BCUT2D eigenvalue weighted by Gasteiger charge is -2.26. The molecular formula is C23H25F3N2O2S. The van der Waals surface area contributed by atoms with Gasteiger partial charge in [0.1, 0.15) is 0 Å². The van der Waals surface area contributed by atoms with Gasteiger partial charge >= 0.3 is 6.18 Å². The van der Waals surface area contributed by atoms with Crippen LogP contribution in [0.25, 0.3) is 0 Å². The molecule has 1 aliphatic carbocycles. The summed E-state index contributed by atoms with van der Waals surface area (Å²) in [6.45, 7) is 3.99. The molecule has 0 saturated heterocycles. The van der Waals surface area contributed by atoms with Gasteiger partial charge in [0, 0.05) is 18.3 Å². The number of hydrogen-bond donors (Lipinski definition) is 1. The van der Waals surface area contributed by atoms with Crippen LogP contribution >= 0.6 is 11.8 Å². The normalized spacial score (nSPS) is 14.7. The van der Waals surface area contributed by atoms with Crippen molar-refractivity contribution in [3.8, 4) is 0 Å². The van der Waals surface area contributed by atoms with Crippen LogP contribution in [0.4, 0.5) is 18.9 Å². The lowest BCUT2D eigenvalue weighted by atomic mass is 10.1. The molecule has 0 aliphatic heterocycles. The van der Waals surface area contributed by atoms with E-state index in [1.807, 2.05) is 31.2 Å². The molecule has 0 heterocycles. The average Bonchev–Trinajstić information content (AvgIpc) is 3.56. The molecule has 0 spiro atoms. The third-order valence-corrected chi connectivity index (χ3v) is 6.18. The van der Waals surface area contributed by atoms with Gasteiger partial charge in [-0.25, -0.2) is 0 Å². The predicted molar refractivity (Wildman–Crippen MR) is 117 cm³/mol. The highest BCUT2D eigenvalue weighted by atomic mass is 32.2. The lowest BCUT2D eigenvalue weighted by molar-refractivity contribution is -0.137. The van der Waals surface area contributed by atoms with Gasteiger partial charge in [0.2, 0.25) is 11.8 Å². The summed E-state index contributed by atoms with van der Waals surface area (Å²) in [5, 5.41) is 2.38. The minimum atomic E-state index is -4.38. The second-order valence-electron chi connectivity index (χ2n) is 7.76. The molecule has 1 saturated carbocycles. The van der Waals surface area contributed by atoms with Gasteiger partial charge in [-0.05, 0) is 56.5 Å². The van der Waals surface area contributed by atoms with Crippen molar-refractivity contribution < 1.29 is 22.8 Å². The summed E-state index contributed by atoms with van der Waals surface area (Å²) in [6, 6.07) is 12.5. The molecule has 2 aromatic rings. The number of anilines is 1. The predicted octanol–water partition coefficient (Wildman–Crippen LogP) is 5.27. The van der Waals surface area contributed by atoms with E-state index in [2.05, 4.69) is 5.32 Å². The van der Waals surface area contributed by atoms with Crippen molar-refractivity contribution in [2.45, 2.75) is 50.7 Å². The molecule has 1 N–H and O–H groups in total. The number of nitrogens with zero attached hydrogens (tertiary/aromatic N) is 1. The van der Waals surface area contributed by atoms with Crippen molar-refractivity contribution >= 4 is 29.3 Å². The summed E-state index contributed by atoms with van der Waals surface area (Å²) < 4.78 is 38.3. The summed E-state index contributed by atoms with van der Waals surface area (Å²) in [6.07, 6.45) is -2.61. The quantitative estimate of drug-likeness (QED) is 0.597. The van der Waals surface area contributed by atoms with E-state index < -0.39 is 17.0 Å². The Morgan fingerprint density at radius 3 is 2.26 bits per heavy atom. The van der Waals surface area contributed by atoms with Gasteiger partial charge in [0.25, 0.3) is 0 Å². The molecule has 0 bridgehead atoms. The minimum absolute atomic E-state index is 0.101. The van der Waals surface area contributed by atoms with Gasteiger partial charge in [0.15, 0.2) is 0 Å². The van der Waals surface area contributed by atoms with Crippen molar-refractivity contribution in [3.05, 3.63) is 65.2 Å². The number of carbonyl (C=O) groups excluding carboxylic acids is 2. The molecule has 0 aromatic heterocycles. The summed E-state index contributed by atoms with van der Waals surface area (Å²) in [7, 11) is 0. The number of benzene rings is 2. The zero-order chi connectivity index (χ0) is 22.6. The summed E-state index contributed by atoms with van der Waals surface area (Å²) in [4.78, 5) is 26.9. The first-order chi connectivity index (χ1) is 14.6. The highest BCUT2D eigenvalue weighted by molar-refractivity contribution is 8.01. The molecule has 1 unspecified atom stereocenters. The minimum Gasteiger partial charge on any atom is -0.334 e. The fourth-order valence-corrected chi connectivity index (χ4v) is 3.86. The van der Waals surface area contributed by atoms with Crippen LogP contribution in [-0.2, 0) is 22.3 Å². The number of aryl methyl sites for hydroxylation is 1. The van der Waals surface area contributed by atoms with Crippen molar-refractivity contribution in [3.63, 3.8) is 0 Å². The topological polar surface area (TPSA) is 49.4 Å². The Kier molecular flexibility index (Phi) is 7.30. The average molecular weight is 451 g/mol. The molecular weight excluding hydrogens is 425 g/mol. The van der Waals surface area contributed by atoms with Gasteiger partial charge < -0.3 is 10.2 Å². The van der Waals surface area contributed by atoms with Crippen molar-refractivity contribution in [1.82, 2.24) is 4.90 Å². The van der Waals surface area contributed by atoms with E-state index in [0.29, 0.717) is 11.3 Å². The Labute approximate surface area is 184 Å². The number of hydrogen-bond acceptors (Lipinski definition) is 3. The number of rotatable bonds is 8. The van der Waals surface area contributed by atoms with Crippen LogP contribution in [0.15, 0.2) is 48.5 Å². The standard InChI is InChI=1S/C23H25F3N2O2S/c1-15-3-9-19(10-4-15)27-21(29)14-31-16(2)22(30)28(20-11-12-20)13-17-5-7-18(8-6-17)23(24,25)26/h3-10,16,20H,11-14H2,1-2H3,(H,27,29). The van der Waals surface area contributed by atoms with Crippen LogP contribution in [-0.4, -0.2) is 33.8 Å². The Morgan fingerprint density at radius 1 is 1.10 bits per heavy atom. The number of nitrogens with one attached hydrogen (secondary N) is 1. The largest absolute Gasteiger partial charge is 0.416 e. The van der Waals surface area contributed by atoms with E-state index in [1.165, 1.54) is 23.9 Å². The van der Waals surface area contributed by atoms with E-state index in [9.17, 15) is 22.8 Å². The maximum absolute atomic E-state index is 13.0. The number of thioether (sulfide) groups is 1. The molecule has 1 fully saturated rings. The third-order valence-electron chi connectivity index (χ3n) is 5.05. The Balaban J connectivity index is 1.54. The van der Waals surface area contributed by atoms with Crippen molar-refractivity contribution in [2.75, 3.05) is 11.1 Å². The number of alkyl halides is 3. The van der Waals surface area contributed by atoms with Crippen LogP contribution < -0.4 is 5.32 Å². The van der Waals surface area contributed by atoms with Gasteiger partial charge in [-0.2, -0.15) is 13.2 Å². The van der Waals surface area contributed by atoms with E-state index in [1.54, 1.807) is 11.8 Å². The van der Waals surface area contributed by atoms with Crippen LogP contribution in [0.5, 0.6) is 0 Å². The molecule has 2 aromatic carbocycles. The van der Waals surface area contributed by atoms with Gasteiger partial charge in [-0.1, -0.05) is 29.8 Å². The summed E-state index contributed by atoms with van der Waals surface area (Å²) in [5.41, 5.74) is 1.75. The van der Waals surface area contributed by atoms with Gasteiger partial charge in [0.05, 0.1) is 16.6 Å². The maximum Gasteiger partial charge on any atom is 0.416 e. The number of halogens is 3. The SMILES string of the molecule is Cc1ccc(NC(=O)CSC(C)C(=O)N(Cc2ccc(C(F)(F)F)cc2)C2CC2)cc1. The molecule has 4 nitrogen and oxygen atoms in total. The molecule has 1 atom stereocenters. The third kappa shape index (κ3) is 6.75. The van der Waals surface area contributed by atoms with E-state index in [0.717, 1.165) is 30.5 Å². The second kappa shape index (κ2) is 9.77. The van der Waals surface area contributed by atoms with Crippen LogP contribution in [0.1, 0.15) is 36.5 Å². The van der Waals surface area contributed by atoms with Crippen molar-refractivity contribution in [1.29, 1.82) is 0 Å². The molecule has 31 heavy (non-hydrogen) atoms. The monoisotopic (exact) mass is 450 g/mol.